The zero-order chi connectivity index (χ0) is 18.4. The number of hydrogen-bond donors (Lipinski definition) is 1. The first-order valence-corrected chi connectivity index (χ1v) is 8.96. The lowest BCUT2D eigenvalue weighted by molar-refractivity contribution is 0.0123. The third kappa shape index (κ3) is 2.93. The van der Waals surface area contributed by atoms with Gasteiger partial charge in [-0.15, -0.1) is 5.92 Å². The Morgan fingerprint density at radius 2 is 2.12 bits per heavy atom. The monoisotopic (exact) mass is 365 g/mol. The van der Waals surface area contributed by atoms with Crippen molar-refractivity contribution in [1.29, 1.82) is 0 Å². The van der Waals surface area contributed by atoms with Crippen molar-refractivity contribution in [2.24, 2.45) is 5.16 Å². The predicted molar refractivity (Wildman–Crippen MR) is 90.7 cm³/mol. The molecule has 0 saturated heterocycles. The Labute approximate surface area is 143 Å². The highest BCUT2D eigenvalue weighted by atomic mass is 32.2. The fourth-order valence-electron chi connectivity index (χ4n) is 2.50. The molecule has 0 aliphatic carbocycles. The van der Waals surface area contributed by atoms with Gasteiger partial charge in [0.25, 0.3) is 0 Å². The van der Waals surface area contributed by atoms with Crippen LogP contribution in [0.2, 0.25) is 0 Å². The molecule has 1 atom stereocenters. The van der Waals surface area contributed by atoms with Crippen LogP contribution in [0.15, 0.2) is 21.8 Å². The molecule has 2 aromatic rings. The summed E-state index contributed by atoms with van der Waals surface area (Å²) in [7, 11) is -3.98. The molecule has 1 unspecified atom stereocenters. The van der Waals surface area contributed by atoms with Crippen molar-refractivity contribution in [3.63, 3.8) is 0 Å². The van der Waals surface area contributed by atoms with Crippen LogP contribution in [0.25, 0.3) is 11.0 Å². The van der Waals surface area contributed by atoms with Gasteiger partial charge in [-0.05, 0) is 26.8 Å². The Morgan fingerprint density at radius 1 is 1.40 bits per heavy atom. The first-order valence-electron chi connectivity index (χ1n) is 7.41. The van der Waals surface area contributed by atoms with Gasteiger partial charge in [-0.25, -0.2) is 12.8 Å². The maximum atomic E-state index is 13.6. The first-order chi connectivity index (χ1) is 11.7. The van der Waals surface area contributed by atoms with Crippen LogP contribution in [-0.4, -0.2) is 24.2 Å². The van der Waals surface area contributed by atoms with Crippen molar-refractivity contribution in [2.45, 2.75) is 38.0 Å². The van der Waals surface area contributed by atoms with Gasteiger partial charge >= 0.3 is 0 Å². The summed E-state index contributed by atoms with van der Waals surface area (Å²) >= 11 is 0. The summed E-state index contributed by atoms with van der Waals surface area (Å²) in [6.07, 6.45) is 0.115. The highest BCUT2D eigenvalue weighted by Crippen LogP contribution is 2.35. The van der Waals surface area contributed by atoms with Crippen LogP contribution in [0.4, 0.5) is 10.1 Å². The van der Waals surface area contributed by atoms with Gasteiger partial charge in [0.15, 0.2) is 15.9 Å². The molecule has 0 spiro atoms. The summed E-state index contributed by atoms with van der Waals surface area (Å²) in [5, 5.41) is 6.35. The molecule has 0 saturated carbocycles. The summed E-state index contributed by atoms with van der Waals surface area (Å²) in [6, 6.07) is 2.34. The number of hydrogen-bond acceptors (Lipinski definition) is 7. The Hall–Kier alpha value is -2.60. The number of nitrogens with two attached hydrogens (primary N) is 1. The quantitative estimate of drug-likeness (QED) is 0.647. The molecule has 3 rings (SSSR count). The van der Waals surface area contributed by atoms with Gasteiger partial charge < -0.3 is 15.1 Å². The smallest absolute Gasteiger partial charge is 0.215 e. The molecular formula is C16H16FN3O4S. The maximum absolute atomic E-state index is 13.6. The number of aromatic nitrogens is 1. The fraction of sp³-hybridized carbons (Fsp3) is 0.375. The van der Waals surface area contributed by atoms with Gasteiger partial charge in [-0.2, -0.15) is 0 Å². The molecule has 0 radical (unpaired) electrons. The van der Waals surface area contributed by atoms with Gasteiger partial charge in [0.1, 0.15) is 17.1 Å². The van der Waals surface area contributed by atoms with E-state index in [2.05, 4.69) is 22.2 Å². The molecule has 0 amide bonds. The molecule has 1 aromatic carbocycles. The van der Waals surface area contributed by atoms with Gasteiger partial charge in [0, 0.05) is 17.9 Å². The molecule has 1 aromatic heterocycles. The van der Waals surface area contributed by atoms with Crippen molar-refractivity contribution in [3.05, 3.63) is 23.6 Å². The predicted octanol–water partition coefficient (Wildman–Crippen LogP) is 2.54. The molecule has 2 heterocycles. The Kier molecular flexibility index (Phi) is 3.95. The lowest BCUT2D eigenvalue weighted by Gasteiger charge is -2.14. The van der Waals surface area contributed by atoms with Crippen molar-refractivity contribution in [2.75, 3.05) is 5.73 Å². The minimum Gasteiger partial charge on any atom is -0.396 e. The lowest BCUT2D eigenvalue weighted by atomic mass is 10.1. The largest absolute Gasteiger partial charge is 0.396 e. The van der Waals surface area contributed by atoms with Crippen molar-refractivity contribution in [1.82, 2.24) is 5.16 Å². The van der Waals surface area contributed by atoms with E-state index in [0.29, 0.717) is 0 Å². The number of nitrogens with zero attached hydrogens (tertiary/aromatic N) is 2. The zero-order valence-corrected chi connectivity index (χ0v) is 14.6. The van der Waals surface area contributed by atoms with E-state index in [1.807, 2.05) is 0 Å². The normalized spacial score (nSPS) is 17.5. The van der Waals surface area contributed by atoms with E-state index in [-0.39, 0.29) is 33.8 Å². The minimum absolute atomic E-state index is 0.0449. The minimum atomic E-state index is -3.98. The molecule has 132 valence electrons. The Morgan fingerprint density at radius 3 is 2.72 bits per heavy atom. The van der Waals surface area contributed by atoms with Crippen LogP contribution < -0.4 is 5.73 Å². The van der Waals surface area contributed by atoms with E-state index in [1.165, 1.54) is 13.0 Å². The number of benzene rings is 1. The fourth-order valence-corrected chi connectivity index (χ4v) is 4.20. The van der Waals surface area contributed by atoms with Gasteiger partial charge in [-0.1, -0.05) is 16.2 Å². The topological polar surface area (TPSA) is 108 Å². The molecular weight excluding hydrogens is 349 g/mol. The molecule has 7 nitrogen and oxygen atoms in total. The van der Waals surface area contributed by atoms with Crippen LogP contribution in [0, 0.1) is 17.7 Å². The molecule has 0 bridgehead atoms. The van der Waals surface area contributed by atoms with Gasteiger partial charge in [0.05, 0.1) is 5.69 Å². The Bertz CT molecular complexity index is 1040. The van der Waals surface area contributed by atoms with Crippen LogP contribution in [0.3, 0.4) is 0 Å². The molecule has 1 aliphatic heterocycles. The second-order valence-electron chi connectivity index (χ2n) is 6.27. The summed E-state index contributed by atoms with van der Waals surface area (Å²) in [5.74, 6) is 4.53. The third-order valence-electron chi connectivity index (χ3n) is 3.75. The van der Waals surface area contributed by atoms with Crippen LogP contribution >= 0.6 is 0 Å². The van der Waals surface area contributed by atoms with E-state index < -0.39 is 26.5 Å². The number of rotatable bonds is 2. The third-order valence-corrected chi connectivity index (χ3v) is 5.59. The maximum Gasteiger partial charge on any atom is 0.215 e. The van der Waals surface area contributed by atoms with E-state index in [9.17, 15) is 12.8 Å². The summed E-state index contributed by atoms with van der Waals surface area (Å²) in [4.78, 5) is 5.15. The highest BCUT2D eigenvalue weighted by Gasteiger charge is 2.42. The lowest BCUT2D eigenvalue weighted by Crippen LogP contribution is -2.25. The highest BCUT2D eigenvalue weighted by molar-refractivity contribution is 8.06. The summed E-state index contributed by atoms with van der Waals surface area (Å²) in [5.41, 5.74) is 4.86. The summed E-state index contributed by atoms with van der Waals surface area (Å²) < 4.78 is 44.6. The number of nitrogen functional groups attached to an aromatic ring is 1. The zero-order valence-electron chi connectivity index (χ0n) is 13.8. The van der Waals surface area contributed by atoms with Crippen molar-refractivity contribution in [3.8, 4) is 11.8 Å². The van der Waals surface area contributed by atoms with Crippen LogP contribution in [0.5, 0.6) is 0 Å². The number of anilines is 1. The second-order valence-corrected chi connectivity index (χ2v) is 8.30. The summed E-state index contributed by atoms with van der Waals surface area (Å²) in [6.45, 7) is 4.97. The number of sulfone groups is 1. The van der Waals surface area contributed by atoms with E-state index in [1.54, 1.807) is 13.8 Å². The second kappa shape index (κ2) is 5.74. The average molecular weight is 365 g/mol. The van der Waals surface area contributed by atoms with E-state index in [0.717, 1.165) is 6.07 Å². The number of oxime groups is 1. The molecule has 9 heteroatoms. The average Bonchev–Trinajstić information content (AvgIpc) is 3.09. The van der Waals surface area contributed by atoms with Gasteiger partial charge in [0.2, 0.25) is 9.84 Å². The SMILES string of the molecule is CC#CC(c1noc2cc(F)c(N)cc12)S(=O)(=O)C1=NOC(C)(C)C1. The van der Waals surface area contributed by atoms with Crippen LogP contribution in [-0.2, 0) is 14.7 Å². The van der Waals surface area contributed by atoms with Crippen molar-refractivity contribution >= 4 is 31.5 Å². The number of halogens is 1. The Balaban J connectivity index is 2.14. The van der Waals surface area contributed by atoms with Gasteiger partial charge in [-0.3, -0.25) is 0 Å². The standard InChI is InChI=1S/C16H16FN3O4S/c1-4-5-13(25(21,22)14-8-16(2,3)24-19-14)15-9-6-11(18)10(17)7-12(9)23-20-15/h6-7,13H,8,18H2,1-3H3. The van der Waals surface area contributed by atoms with E-state index >= 15 is 0 Å². The van der Waals surface area contributed by atoms with E-state index in [4.69, 9.17) is 15.1 Å². The molecule has 1 aliphatic rings. The first kappa shape index (κ1) is 17.2. The van der Waals surface area contributed by atoms with Crippen LogP contribution in [0.1, 0.15) is 38.1 Å². The molecule has 2 N–H and O–H groups in total. The molecule has 0 fully saturated rings. The number of fused-ring (bicyclic) bond motifs is 1. The molecule has 25 heavy (non-hydrogen) atoms. The van der Waals surface area contributed by atoms with Crippen molar-refractivity contribution < 1.29 is 22.2 Å².